The van der Waals surface area contributed by atoms with Crippen LogP contribution < -0.4 is 5.32 Å². The van der Waals surface area contributed by atoms with Crippen molar-refractivity contribution >= 4 is 361 Å². The number of imidazole rings is 1. The third kappa shape index (κ3) is 5.22. The Labute approximate surface area is 731 Å². The molecule has 31 aromatic carbocycles. The van der Waals surface area contributed by atoms with Crippen LogP contribution in [0.1, 0.15) is 91.0 Å². The molecule has 13 nitrogen and oxygen atoms in total. The number of likely N-dealkylation sites (N-methyl/N-ethyl adjacent to an activating group) is 1. The fraction of sp³-hybridized carbons (Fsp3) is 0.102. The third-order valence-corrected chi connectivity index (χ3v) is 36.9. The summed E-state index contributed by atoms with van der Waals surface area (Å²) in [6.07, 6.45) is 15.6. The predicted octanol–water partition coefficient (Wildman–Crippen LogP) is 27.3. The lowest BCUT2D eigenvalue weighted by Crippen LogP contribution is -2.51. The zero-order valence-corrected chi connectivity index (χ0v) is 69.6. The van der Waals surface area contributed by atoms with Gasteiger partial charge in [0.25, 0.3) is 5.91 Å². The smallest absolute Gasteiger partial charge is 0.306 e. The highest BCUT2D eigenvalue weighted by Gasteiger charge is 2.76. The maximum atomic E-state index is 14.8. The normalized spacial score (nSPS) is 18.4. The summed E-state index contributed by atoms with van der Waals surface area (Å²) in [6.45, 7) is 8.68. The Kier molecular flexibility index (Phi) is 8.51. The standard InChI is InChI=1S/C118H52N8O5/c1-5-33-130-52(127)29-19-42-44-21-25-48(121-44)54(49-26-22-45(122-49)43(20-30-53(128)131-34-6-2)47-24-28-51(124-47)55(50-27-23-46(42)123-50)115-119-31-32-125(115)3)38-15-17-41(18-16-38)120-116(129)40-13-9-37(10-14-40)36-7-11-39(12-8-36)114-118-112-106-100-90-78-70-62-58-56-57-60-64(62)72(78)82-76-68(60)69-61(57)65-63-59(56)67-66(58)74-80(70)88-94-84(74)85-75(67)81-71(63)79-73(65)83-77(69)87-86(76)98(92(82)100)108(112)109-99(87)93(83)101-91(79)97-89(81)95(85)103-102(94)110(104(106)96(88)90)117(118,35-126(114)4)111(103)105(97)107(101)113(109)118/h5-18,21-28,31-32,114,121,124H,1-2,19-20,29-30,33-35H2,3-4H3,(H,120,129). The van der Waals surface area contributed by atoms with Crippen LogP contribution in [0, 0.1) is 0 Å². The minimum absolute atomic E-state index is 0.00968. The number of aromatic amines is 2. The minimum Gasteiger partial charge on any atom is -0.461 e. The van der Waals surface area contributed by atoms with E-state index in [1.54, 1.807) is 331 Å². The molecule has 7 heterocycles. The van der Waals surface area contributed by atoms with Crippen LogP contribution in [0.3, 0.4) is 0 Å². The maximum absolute atomic E-state index is 14.8. The average molecular weight is 1660 g/mol. The molecule has 3 aliphatic heterocycles. The molecule has 1 fully saturated rings. The van der Waals surface area contributed by atoms with E-state index in [9.17, 15) is 14.4 Å². The van der Waals surface area contributed by atoms with Gasteiger partial charge in [0.1, 0.15) is 19.0 Å². The minimum atomic E-state index is -0.481. The van der Waals surface area contributed by atoms with E-state index in [4.69, 9.17) is 24.4 Å². The monoisotopic (exact) mass is 1660 g/mol. The van der Waals surface area contributed by atoms with E-state index in [0.717, 1.165) is 67.6 Å². The molecule has 4 aromatic heterocycles. The van der Waals surface area contributed by atoms with E-state index in [1.807, 2.05) is 103 Å². The van der Waals surface area contributed by atoms with Gasteiger partial charge >= 0.3 is 11.9 Å². The fourth-order valence-electron chi connectivity index (χ4n) is 34.0. The first-order valence-electron chi connectivity index (χ1n) is 46.3. The number of H-pyrrole nitrogens is 2. The van der Waals surface area contributed by atoms with Crippen LogP contribution in [0.4, 0.5) is 5.69 Å². The number of esters is 2. The molecule has 3 N–H and O–H groups in total. The number of anilines is 1. The SMILES string of the molecule is C=CCOC(=O)CCc1c2nc(c(-c3nccn3C)c3ccc([nH]3)c(CCC(=O)OCC=C)c3nc(c(-c4ccc(NC(=O)c5ccc(-c6ccc(C7N(C)CC89c%10c%11c%12c%13c%14c%15c(c%16c%17c8c8c%10c%10c%18c%11c%11c%12c%12c%14c%14c%19c%15c%15c%16c%16c%17c%17c8c8c%10c%10c%18c%18c%11c%11c%12c%14c%12c%14c%19c%15c%15c%16c%16c%17c8c8c%10c%10c%18c%11c%12c%11c%14c%15c%16c8c%10%11)C%1379)cc6)cc5)cc4)c4ccc1[nH]4)C=C3)C=C2. The quantitative estimate of drug-likeness (QED) is 0.0486. The number of aryl methyl sites for hydroxylation is 3. The van der Waals surface area contributed by atoms with Crippen molar-refractivity contribution in [2.75, 3.05) is 32.1 Å². The van der Waals surface area contributed by atoms with E-state index in [1.165, 1.54) is 5.56 Å². The van der Waals surface area contributed by atoms with Gasteiger partial charge in [0.05, 0.1) is 44.7 Å². The Hall–Kier alpha value is -16.2. The summed E-state index contributed by atoms with van der Waals surface area (Å²) in [5, 5.41) is 90.6. The molecule has 131 heavy (non-hydrogen) atoms. The maximum Gasteiger partial charge on any atom is 0.306 e. The topological polar surface area (TPSA) is 160 Å². The van der Waals surface area contributed by atoms with Gasteiger partial charge in [0, 0.05) is 89.4 Å². The van der Waals surface area contributed by atoms with Crippen LogP contribution in [0.15, 0.2) is 135 Å². The van der Waals surface area contributed by atoms with Gasteiger partial charge in [0.2, 0.25) is 0 Å². The van der Waals surface area contributed by atoms with E-state index in [2.05, 4.69) is 76.8 Å². The van der Waals surface area contributed by atoms with Crippen LogP contribution in [-0.2, 0) is 49.8 Å². The van der Waals surface area contributed by atoms with Gasteiger partial charge in [-0.2, -0.15) is 0 Å². The molecule has 1 amide bonds. The largest absolute Gasteiger partial charge is 0.461 e. The number of ether oxygens (including phenoxy) is 2. The van der Waals surface area contributed by atoms with Crippen molar-refractivity contribution in [2.24, 2.45) is 7.05 Å². The van der Waals surface area contributed by atoms with Crippen molar-refractivity contribution in [2.45, 2.75) is 42.6 Å². The second-order valence-electron chi connectivity index (χ2n) is 41.0. The number of aromatic nitrogens is 6. The summed E-state index contributed by atoms with van der Waals surface area (Å²) in [6, 6.07) is 34.1. The summed E-state index contributed by atoms with van der Waals surface area (Å²) in [5.41, 5.74) is 20.5. The Morgan fingerprint density at radius 3 is 1.07 bits per heavy atom. The Morgan fingerprint density at radius 2 is 0.710 bits per heavy atom. The van der Waals surface area contributed by atoms with Crippen LogP contribution in [0.25, 0.3) is 371 Å². The predicted molar refractivity (Wildman–Crippen MR) is 535 cm³/mol. The van der Waals surface area contributed by atoms with Gasteiger partial charge in [-0.25, -0.2) is 15.0 Å². The van der Waals surface area contributed by atoms with Crippen molar-refractivity contribution in [3.63, 3.8) is 0 Å². The van der Waals surface area contributed by atoms with Crippen LogP contribution >= 0.6 is 0 Å². The summed E-state index contributed by atoms with van der Waals surface area (Å²) in [4.78, 5) is 67.4. The van der Waals surface area contributed by atoms with E-state index in [0.29, 0.717) is 52.7 Å². The number of nitrogens with zero attached hydrogens (tertiary/aromatic N) is 5. The molecule has 1 saturated heterocycles. The molecule has 35 aromatic rings. The van der Waals surface area contributed by atoms with Gasteiger partial charge in [-0.05, 0) is 428 Å². The molecule has 13 heteroatoms. The number of carbonyl (C=O) groups excluding carboxylic acids is 3. The van der Waals surface area contributed by atoms with Crippen LogP contribution in [0.5, 0.6) is 0 Å². The Bertz CT molecular complexity index is 11300. The van der Waals surface area contributed by atoms with E-state index in [-0.39, 0.29) is 49.9 Å². The first-order valence-corrected chi connectivity index (χ1v) is 46.3. The molecule has 594 valence electrons. The zero-order valence-electron chi connectivity index (χ0n) is 69.6. The number of benzene rings is 21. The number of hydrogen-bond donors (Lipinski definition) is 3. The molecule has 7 aliphatic rings. The lowest BCUT2D eigenvalue weighted by Gasteiger charge is -2.52. The lowest BCUT2D eigenvalue weighted by atomic mass is 9.47. The molecule has 4 aliphatic carbocycles. The highest BCUT2D eigenvalue weighted by atomic mass is 16.5. The number of rotatable bonds is 16. The van der Waals surface area contributed by atoms with Gasteiger partial charge in [0.15, 0.2) is 0 Å². The first kappa shape index (κ1) is 62.0. The number of fused-ring (bicyclic) bond motifs is 8. The third-order valence-electron chi connectivity index (χ3n) is 36.9. The van der Waals surface area contributed by atoms with E-state index >= 15 is 0 Å². The number of amides is 1. The summed E-state index contributed by atoms with van der Waals surface area (Å²) in [5.74, 6) is -0.218. The van der Waals surface area contributed by atoms with Gasteiger partial charge in [-0.3, -0.25) is 19.3 Å². The molecule has 1 unspecified atom stereocenters. The number of carbonyl (C=O) groups is 3. The summed E-state index contributed by atoms with van der Waals surface area (Å²) < 4.78 is 13.0. The summed E-state index contributed by atoms with van der Waals surface area (Å²) >= 11 is 0. The van der Waals surface area contributed by atoms with Crippen molar-refractivity contribution < 1.29 is 23.9 Å². The fourth-order valence-corrected chi connectivity index (χ4v) is 34.0. The molecule has 8 bridgehead atoms. The summed E-state index contributed by atoms with van der Waals surface area (Å²) in [7, 11) is 4.50. The number of nitrogens with one attached hydrogen (secondary N) is 3. The second kappa shape index (κ2) is 18.0. The highest BCUT2D eigenvalue weighted by molar-refractivity contribution is 6.82. The number of likely N-dealkylation sites (tertiary alicyclic amines) is 1. The molecule has 2 spiro atoms. The molecular formula is C118H52N8O5. The average Bonchev–Trinajstić information content (AvgIpc) is 1.39. The molecular weight excluding hydrogens is 1610 g/mol. The molecule has 0 radical (unpaired) electrons. The van der Waals surface area contributed by atoms with Gasteiger partial charge < -0.3 is 29.3 Å². The lowest BCUT2D eigenvalue weighted by molar-refractivity contribution is -0.143. The molecule has 42 rings (SSSR count). The van der Waals surface area contributed by atoms with Crippen molar-refractivity contribution in [3.8, 4) is 33.6 Å². The van der Waals surface area contributed by atoms with Crippen molar-refractivity contribution in [3.05, 3.63) is 202 Å². The number of hydrogen-bond acceptors (Lipinski definition) is 9. The van der Waals surface area contributed by atoms with E-state index < -0.39 is 10.8 Å². The highest BCUT2D eigenvalue weighted by Crippen LogP contribution is 2.87. The molecule has 1 atom stereocenters. The van der Waals surface area contributed by atoms with Gasteiger partial charge in [-0.15, -0.1) is 0 Å². The first-order chi connectivity index (χ1) is 64.6. The van der Waals surface area contributed by atoms with Crippen LogP contribution in [0.2, 0.25) is 0 Å². The zero-order chi connectivity index (χ0) is 83.5. The van der Waals surface area contributed by atoms with Crippen LogP contribution in [-0.4, -0.2) is 79.0 Å². The van der Waals surface area contributed by atoms with Crippen molar-refractivity contribution in [1.29, 1.82) is 0 Å². The second-order valence-corrected chi connectivity index (χ2v) is 41.0. The van der Waals surface area contributed by atoms with Crippen molar-refractivity contribution in [1.82, 2.24) is 34.4 Å². The Morgan fingerprint density at radius 1 is 0.389 bits per heavy atom. The molecule has 0 saturated carbocycles. The van der Waals surface area contributed by atoms with Gasteiger partial charge in [-0.1, -0.05) is 73.8 Å². The Balaban J connectivity index is 0.480.